The molecule has 1 amide bonds. The highest BCUT2D eigenvalue weighted by Gasteiger charge is 2.29. The summed E-state index contributed by atoms with van der Waals surface area (Å²) >= 11 is 0. The first-order valence-corrected chi connectivity index (χ1v) is 9.54. The van der Waals surface area contributed by atoms with Crippen LogP contribution >= 0.6 is 0 Å². The van der Waals surface area contributed by atoms with Gasteiger partial charge in [0.1, 0.15) is 12.4 Å². The lowest BCUT2D eigenvalue weighted by molar-refractivity contribution is 0.0470. The van der Waals surface area contributed by atoms with Crippen LogP contribution in [-0.2, 0) is 13.0 Å². The van der Waals surface area contributed by atoms with Crippen molar-refractivity contribution < 1.29 is 19.7 Å². The van der Waals surface area contributed by atoms with E-state index in [0.717, 1.165) is 16.9 Å². The Kier molecular flexibility index (Phi) is 8.29. The molecule has 2 unspecified atom stereocenters. The molecule has 2 aromatic carbocycles. The van der Waals surface area contributed by atoms with Gasteiger partial charge in [-0.1, -0.05) is 56.3 Å². The fraction of sp³-hybridized carbons (Fsp3) is 0.409. The Morgan fingerprint density at radius 2 is 1.71 bits per heavy atom. The number of carboxylic acid groups (broad SMARTS) is 1. The van der Waals surface area contributed by atoms with Crippen molar-refractivity contribution in [3.05, 3.63) is 65.7 Å². The van der Waals surface area contributed by atoms with Crippen LogP contribution in [0.3, 0.4) is 0 Å². The summed E-state index contributed by atoms with van der Waals surface area (Å²) in [6.07, 6.45) is -1.59. The van der Waals surface area contributed by atoms with Gasteiger partial charge < -0.3 is 25.6 Å². The van der Waals surface area contributed by atoms with Crippen molar-refractivity contribution in [1.29, 1.82) is 0 Å². The van der Waals surface area contributed by atoms with E-state index < -0.39 is 18.2 Å². The summed E-state index contributed by atoms with van der Waals surface area (Å²) < 4.78 is 5.79. The highest BCUT2D eigenvalue weighted by molar-refractivity contribution is 5.65. The second-order valence-electron chi connectivity index (χ2n) is 7.32. The molecule has 28 heavy (non-hydrogen) atoms. The van der Waals surface area contributed by atoms with E-state index in [1.165, 1.54) is 4.90 Å². The van der Waals surface area contributed by atoms with Crippen molar-refractivity contribution in [3.8, 4) is 5.75 Å². The van der Waals surface area contributed by atoms with Gasteiger partial charge in [-0.2, -0.15) is 0 Å². The molecule has 152 valence electrons. The molecule has 0 fully saturated rings. The molecule has 0 saturated carbocycles. The molecule has 0 aliphatic rings. The van der Waals surface area contributed by atoms with Crippen LogP contribution < -0.4 is 10.5 Å². The zero-order valence-corrected chi connectivity index (χ0v) is 16.5. The lowest BCUT2D eigenvalue weighted by Gasteiger charge is -2.33. The monoisotopic (exact) mass is 386 g/mol. The van der Waals surface area contributed by atoms with Crippen molar-refractivity contribution >= 4 is 6.09 Å². The fourth-order valence-corrected chi connectivity index (χ4v) is 3.06. The molecule has 2 aromatic rings. The average Bonchev–Trinajstić information content (AvgIpc) is 2.69. The Balaban J connectivity index is 2.06. The molecular formula is C22H30N2O4. The third-order valence-corrected chi connectivity index (χ3v) is 4.51. The summed E-state index contributed by atoms with van der Waals surface area (Å²) in [5.41, 5.74) is 7.63. The molecule has 0 spiro atoms. The summed E-state index contributed by atoms with van der Waals surface area (Å²) in [5, 5.41) is 19.9. The number of hydrogen-bond acceptors (Lipinski definition) is 4. The largest absolute Gasteiger partial charge is 0.489 e. The number of aliphatic hydroxyl groups is 1. The molecule has 2 atom stereocenters. The zero-order valence-electron chi connectivity index (χ0n) is 16.5. The molecule has 6 heteroatoms. The summed E-state index contributed by atoms with van der Waals surface area (Å²) in [6, 6.07) is 16.8. The van der Waals surface area contributed by atoms with Crippen LogP contribution in [0.25, 0.3) is 0 Å². The lowest BCUT2D eigenvalue weighted by atomic mass is 9.98. The minimum Gasteiger partial charge on any atom is -0.489 e. The van der Waals surface area contributed by atoms with E-state index in [-0.39, 0.29) is 12.5 Å². The second-order valence-corrected chi connectivity index (χ2v) is 7.32. The van der Waals surface area contributed by atoms with E-state index in [0.29, 0.717) is 19.6 Å². The molecule has 0 aliphatic carbocycles. The number of ether oxygens (including phenoxy) is 1. The minimum absolute atomic E-state index is 0.00477. The van der Waals surface area contributed by atoms with Gasteiger partial charge in [-0.15, -0.1) is 0 Å². The van der Waals surface area contributed by atoms with Crippen LogP contribution in [0.2, 0.25) is 0 Å². The van der Waals surface area contributed by atoms with Crippen LogP contribution in [0.5, 0.6) is 5.75 Å². The van der Waals surface area contributed by atoms with Crippen molar-refractivity contribution in [2.45, 2.75) is 39.0 Å². The number of hydrogen-bond donors (Lipinski definition) is 3. The topological polar surface area (TPSA) is 96.0 Å². The average molecular weight is 386 g/mol. The highest BCUT2D eigenvalue weighted by atomic mass is 16.5. The molecule has 0 radical (unpaired) electrons. The van der Waals surface area contributed by atoms with E-state index in [2.05, 4.69) is 0 Å². The number of carbonyl (C=O) groups is 1. The molecule has 0 aliphatic heterocycles. The molecule has 6 nitrogen and oxygen atoms in total. The van der Waals surface area contributed by atoms with E-state index in [1.807, 2.05) is 68.4 Å². The predicted molar refractivity (Wildman–Crippen MR) is 109 cm³/mol. The second kappa shape index (κ2) is 10.7. The third kappa shape index (κ3) is 6.55. The zero-order chi connectivity index (χ0) is 20.5. The first kappa shape index (κ1) is 21.7. The van der Waals surface area contributed by atoms with Gasteiger partial charge in [0, 0.05) is 13.1 Å². The van der Waals surface area contributed by atoms with E-state index in [1.54, 1.807) is 0 Å². The number of rotatable bonds is 10. The highest BCUT2D eigenvalue weighted by Crippen LogP contribution is 2.19. The maximum Gasteiger partial charge on any atom is 0.407 e. The van der Waals surface area contributed by atoms with Gasteiger partial charge in [0.05, 0.1) is 12.1 Å². The lowest BCUT2D eigenvalue weighted by Crippen LogP contribution is -2.51. The van der Waals surface area contributed by atoms with Crippen LogP contribution in [0, 0.1) is 5.92 Å². The molecule has 0 aromatic heterocycles. The Morgan fingerprint density at radius 3 is 2.25 bits per heavy atom. The number of nitrogens with zero attached hydrogens (tertiary/aromatic N) is 1. The standard InChI is InChI=1S/C22H30N2O4/c1-16(2)14-24(22(26)27)20(21(25)13-23)12-17-8-10-19(11-9-17)28-15-18-6-4-3-5-7-18/h3-11,16,20-21,25H,12-15,23H2,1-2H3,(H,26,27). The normalized spacial score (nSPS) is 13.2. The Bertz CT molecular complexity index is 719. The van der Waals surface area contributed by atoms with Crippen LogP contribution in [0.1, 0.15) is 25.0 Å². The fourth-order valence-electron chi connectivity index (χ4n) is 3.06. The molecule has 2 rings (SSSR count). The van der Waals surface area contributed by atoms with Crippen LogP contribution in [-0.4, -0.2) is 46.4 Å². The first-order chi connectivity index (χ1) is 13.4. The minimum atomic E-state index is -1.05. The van der Waals surface area contributed by atoms with Crippen molar-refractivity contribution in [1.82, 2.24) is 4.90 Å². The molecule has 4 N–H and O–H groups in total. The Morgan fingerprint density at radius 1 is 1.07 bits per heavy atom. The smallest absolute Gasteiger partial charge is 0.407 e. The van der Waals surface area contributed by atoms with Crippen LogP contribution in [0.15, 0.2) is 54.6 Å². The van der Waals surface area contributed by atoms with Crippen LogP contribution in [0.4, 0.5) is 4.79 Å². The summed E-state index contributed by atoms with van der Waals surface area (Å²) in [6.45, 7) is 4.72. The molecule has 0 bridgehead atoms. The van der Waals surface area contributed by atoms with Crippen molar-refractivity contribution in [2.75, 3.05) is 13.1 Å². The molecular weight excluding hydrogens is 356 g/mol. The predicted octanol–water partition coefficient (Wildman–Crippen LogP) is 3.13. The third-order valence-electron chi connectivity index (χ3n) is 4.51. The van der Waals surface area contributed by atoms with E-state index in [4.69, 9.17) is 10.5 Å². The first-order valence-electron chi connectivity index (χ1n) is 9.54. The maximum atomic E-state index is 11.7. The van der Waals surface area contributed by atoms with E-state index >= 15 is 0 Å². The SMILES string of the molecule is CC(C)CN(C(=O)O)C(Cc1ccc(OCc2ccccc2)cc1)C(O)CN. The summed E-state index contributed by atoms with van der Waals surface area (Å²) in [4.78, 5) is 13.0. The van der Waals surface area contributed by atoms with Gasteiger partial charge in [-0.05, 0) is 35.6 Å². The van der Waals surface area contributed by atoms with Crippen molar-refractivity contribution in [3.63, 3.8) is 0 Å². The number of amides is 1. The van der Waals surface area contributed by atoms with Gasteiger partial charge in [0.15, 0.2) is 0 Å². The van der Waals surface area contributed by atoms with Gasteiger partial charge in [0.2, 0.25) is 0 Å². The number of aliphatic hydroxyl groups excluding tert-OH is 1. The molecule has 0 saturated heterocycles. The molecule has 0 heterocycles. The summed E-state index contributed by atoms with van der Waals surface area (Å²) in [5.74, 6) is 0.887. The number of nitrogens with two attached hydrogens (primary N) is 1. The van der Waals surface area contributed by atoms with Gasteiger partial charge in [0.25, 0.3) is 0 Å². The quantitative estimate of drug-likeness (QED) is 0.583. The Hall–Kier alpha value is -2.57. The van der Waals surface area contributed by atoms with E-state index in [9.17, 15) is 15.0 Å². The van der Waals surface area contributed by atoms with Gasteiger partial charge >= 0.3 is 6.09 Å². The summed E-state index contributed by atoms with van der Waals surface area (Å²) in [7, 11) is 0. The Labute approximate surface area is 166 Å². The van der Waals surface area contributed by atoms with Gasteiger partial charge in [-0.25, -0.2) is 4.79 Å². The van der Waals surface area contributed by atoms with Gasteiger partial charge in [-0.3, -0.25) is 0 Å². The number of benzene rings is 2. The van der Waals surface area contributed by atoms with Crippen molar-refractivity contribution in [2.24, 2.45) is 11.7 Å². The maximum absolute atomic E-state index is 11.7.